The van der Waals surface area contributed by atoms with Crippen LogP contribution in [0.4, 0.5) is 0 Å². The van der Waals surface area contributed by atoms with Crippen LogP contribution in [0, 0.1) is 0 Å². The molecule has 0 fully saturated rings. The van der Waals surface area contributed by atoms with E-state index in [2.05, 4.69) is 0 Å². The first kappa shape index (κ1) is 14.9. The molecule has 0 spiro atoms. The highest BCUT2D eigenvalue weighted by Gasteiger charge is 2.17. The van der Waals surface area contributed by atoms with Crippen molar-refractivity contribution in [3.05, 3.63) is 35.4 Å². The Morgan fingerprint density at radius 2 is 1.42 bits per heavy atom. The van der Waals surface area contributed by atoms with Gasteiger partial charge in [-0.05, 0) is 35.0 Å². The first-order valence-electron chi connectivity index (χ1n) is 4.72. The first-order chi connectivity index (χ1) is 8.59. The predicted molar refractivity (Wildman–Crippen MR) is 75.0 cm³/mol. The fourth-order valence-corrected chi connectivity index (χ4v) is 3.89. The second-order valence-electron chi connectivity index (χ2n) is 3.67. The summed E-state index contributed by atoms with van der Waals surface area (Å²) in [4.78, 5) is -0.422. The van der Waals surface area contributed by atoms with E-state index in [0.717, 1.165) is 0 Å². The molecule has 0 bridgehead atoms. The van der Waals surface area contributed by atoms with Gasteiger partial charge in [0.05, 0.1) is 9.92 Å². The van der Waals surface area contributed by atoms with Crippen LogP contribution >= 0.6 is 33.0 Å². The second-order valence-corrected chi connectivity index (χ2v) is 9.17. The molecule has 0 atom stereocenters. The maximum atomic E-state index is 11.3. The summed E-state index contributed by atoms with van der Waals surface area (Å²) in [6.45, 7) is 0. The molecule has 0 saturated heterocycles. The fourth-order valence-electron chi connectivity index (χ4n) is 1.57. The lowest BCUT2D eigenvalue weighted by Gasteiger charge is -2.05. The lowest BCUT2D eigenvalue weighted by molar-refractivity contribution is 0.608. The third-order valence-electron chi connectivity index (χ3n) is 2.41. The van der Waals surface area contributed by atoms with E-state index >= 15 is 0 Å². The molecule has 0 saturated carbocycles. The van der Waals surface area contributed by atoms with Gasteiger partial charge in [-0.3, -0.25) is 0 Å². The van der Waals surface area contributed by atoms with Crippen LogP contribution in [0.25, 0.3) is 10.8 Å². The molecule has 102 valence electrons. The van der Waals surface area contributed by atoms with E-state index in [1.54, 1.807) is 0 Å². The van der Waals surface area contributed by atoms with E-state index in [4.69, 9.17) is 33.0 Å². The molecule has 0 unspecified atom stereocenters. The van der Waals surface area contributed by atoms with Gasteiger partial charge in [0.25, 0.3) is 18.1 Å². The van der Waals surface area contributed by atoms with Gasteiger partial charge >= 0.3 is 0 Å². The molecule has 4 nitrogen and oxygen atoms in total. The first-order valence-corrected chi connectivity index (χ1v) is 9.71. The quantitative estimate of drug-likeness (QED) is 0.771. The molecular weight excluding hydrogens is 355 g/mol. The number of rotatable bonds is 2. The van der Waals surface area contributed by atoms with Crippen molar-refractivity contribution >= 4 is 61.8 Å². The highest BCUT2D eigenvalue weighted by Crippen LogP contribution is 2.31. The maximum Gasteiger partial charge on any atom is 0.262 e. The summed E-state index contributed by atoms with van der Waals surface area (Å²) in [6.07, 6.45) is 0. The Labute approximate surface area is 123 Å². The van der Waals surface area contributed by atoms with Gasteiger partial charge in [-0.25, -0.2) is 16.8 Å². The minimum absolute atomic E-state index is 0.0380. The molecule has 0 N–H and O–H groups in total. The molecule has 0 aliphatic rings. The lowest BCUT2D eigenvalue weighted by Crippen LogP contribution is -1.94. The van der Waals surface area contributed by atoms with Crippen LogP contribution in [-0.4, -0.2) is 16.8 Å². The average molecular weight is 360 g/mol. The van der Waals surface area contributed by atoms with Crippen LogP contribution in [0.5, 0.6) is 0 Å². The molecule has 0 heterocycles. The van der Waals surface area contributed by atoms with Crippen LogP contribution < -0.4 is 0 Å². The van der Waals surface area contributed by atoms with Gasteiger partial charge in [0.1, 0.15) is 4.90 Å². The van der Waals surface area contributed by atoms with Crippen LogP contribution in [0.3, 0.4) is 0 Å². The number of hydrogen-bond donors (Lipinski definition) is 0. The smallest absolute Gasteiger partial charge is 0.207 e. The summed E-state index contributed by atoms with van der Waals surface area (Å²) in [5.41, 5.74) is 0. The molecular formula is C10H5Cl3O4S2. The molecule has 0 aliphatic heterocycles. The van der Waals surface area contributed by atoms with E-state index in [0.29, 0.717) is 10.8 Å². The van der Waals surface area contributed by atoms with E-state index in [-0.39, 0.29) is 14.8 Å². The summed E-state index contributed by atoms with van der Waals surface area (Å²) < 4.78 is 45.1. The van der Waals surface area contributed by atoms with Crippen LogP contribution in [0.1, 0.15) is 0 Å². The summed E-state index contributed by atoms with van der Waals surface area (Å²) in [7, 11) is 2.55. The lowest BCUT2D eigenvalue weighted by atomic mass is 10.1. The zero-order valence-corrected chi connectivity index (χ0v) is 12.9. The van der Waals surface area contributed by atoms with Gasteiger partial charge in [-0.2, -0.15) is 0 Å². The monoisotopic (exact) mass is 358 g/mol. The summed E-state index contributed by atoms with van der Waals surface area (Å²) in [5, 5.41) is 0.882. The van der Waals surface area contributed by atoms with Crippen LogP contribution in [0.15, 0.2) is 40.1 Å². The van der Waals surface area contributed by atoms with Crippen LogP contribution in [-0.2, 0) is 18.1 Å². The highest BCUT2D eigenvalue weighted by molar-refractivity contribution is 8.14. The third-order valence-corrected chi connectivity index (χ3v) is 5.54. The minimum atomic E-state index is -4.02. The Kier molecular flexibility index (Phi) is 3.75. The van der Waals surface area contributed by atoms with E-state index in [9.17, 15) is 16.8 Å². The second kappa shape index (κ2) is 4.79. The summed E-state index contributed by atoms with van der Waals surface area (Å²) >= 11 is 5.81. The predicted octanol–water partition coefficient (Wildman–Crippen LogP) is 3.35. The molecule has 0 aliphatic carbocycles. The van der Waals surface area contributed by atoms with Crippen molar-refractivity contribution in [3.8, 4) is 0 Å². The van der Waals surface area contributed by atoms with Crippen molar-refractivity contribution in [2.75, 3.05) is 0 Å². The Morgan fingerprint density at radius 3 is 1.95 bits per heavy atom. The Morgan fingerprint density at radius 1 is 0.789 bits per heavy atom. The molecule has 2 rings (SSSR count). The number of benzene rings is 2. The van der Waals surface area contributed by atoms with Crippen molar-refractivity contribution in [1.29, 1.82) is 0 Å². The Bertz CT molecular complexity index is 873. The third kappa shape index (κ3) is 3.14. The fraction of sp³-hybridized carbons (Fsp3) is 0. The molecule has 0 aromatic heterocycles. The van der Waals surface area contributed by atoms with Crippen molar-refractivity contribution in [2.45, 2.75) is 9.79 Å². The summed E-state index contributed by atoms with van der Waals surface area (Å²) in [5.74, 6) is 0. The van der Waals surface area contributed by atoms with Gasteiger partial charge in [0, 0.05) is 21.4 Å². The molecule has 0 radical (unpaired) electrons. The normalized spacial score (nSPS) is 12.8. The van der Waals surface area contributed by atoms with Gasteiger partial charge < -0.3 is 0 Å². The van der Waals surface area contributed by atoms with E-state index < -0.39 is 18.1 Å². The van der Waals surface area contributed by atoms with E-state index in [1.807, 2.05) is 0 Å². The van der Waals surface area contributed by atoms with Crippen molar-refractivity contribution in [1.82, 2.24) is 0 Å². The van der Waals surface area contributed by atoms with Gasteiger partial charge in [-0.1, -0.05) is 17.7 Å². The standard InChI is InChI=1S/C10H5Cl3O4S2/c11-9-4-6-1-2-8(18(12,14)15)3-7(6)5-10(9)19(13,16)17/h1-5H. The highest BCUT2D eigenvalue weighted by atomic mass is 35.7. The van der Waals surface area contributed by atoms with Crippen molar-refractivity contribution < 1.29 is 16.8 Å². The largest absolute Gasteiger partial charge is 0.262 e. The van der Waals surface area contributed by atoms with Gasteiger partial charge in [0.15, 0.2) is 0 Å². The molecule has 9 heteroatoms. The van der Waals surface area contributed by atoms with Crippen molar-refractivity contribution in [2.24, 2.45) is 0 Å². The maximum absolute atomic E-state index is 11.3. The molecule has 0 amide bonds. The van der Waals surface area contributed by atoms with Gasteiger partial charge in [-0.15, -0.1) is 0 Å². The van der Waals surface area contributed by atoms with E-state index in [1.165, 1.54) is 30.3 Å². The minimum Gasteiger partial charge on any atom is -0.207 e. The Balaban J connectivity index is 2.83. The van der Waals surface area contributed by atoms with Gasteiger partial charge in [0.2, 0.25) is 0 Å². The molecule has 19 heavy (non-hydrogen) atoms. The number of halogens is 3. The summed E-state index contributed by atoms with van der Waals surface area (Å²) in [6, 6.07) is 6.61. The average Bonchev–Trinajstić information content (AvgIpc) is 2.24. The van der Waals surface area contributed by atoms with Crippen molar-refractivity contribution in [3.63, 3.8) is 0 Å². The SMILES string of the molecule is O=S(=O)(Cl)c1ccc2cc(Cl)c(S(=O)(=O)Cl)cc2c1. The number of hydrogen-bond acceptors (Lipinski definition) is 4. The molecule has 2 aromatic rings. The zero-order valence-electron chi connectivity index (χ0n) is 8.97. The zero-order chi connectivity index (χ0) is 14.4. The topological polar surface area (TPSA) is 68.3 Å². The Hall–Kier alpha value is -0.530. The number of fused-ring (bicyclic) bond motifs is 1. The molecule has 2 aromatic carbocycles. The van der Waals surface area contributed by atoms with Crippen LogP contribution in [0.2, 0.25) is 5.02 Å².